The Morgan fingerprint density at radius 2 is 2.00 bits per heavy atom. The van der Waals surface area contributed by atoms with E-state index in [9.17, 15) is 0 Å². The van der Waals surface area contributed by atoms with Crippen LogP contribution in [0.2, 0.25) is 0 Å². The van der Waals surface area contributed by atoms with Gasteiger partial charge in [0.05, 0.1) is 6.04 Å². The number of hydrogen-bond donors (Lipinski definition) is 1. The number of nitrogens with zero attached hydrogens (tertiary/aromatic N) is 1. The zero-order valence-electron chi connectivity index (χ0n) is 12.1. The molecule has 2 heterocycles. The van der Waals surface area contributed by atoms with Crippen molar-refractivity contribution in [1.82, 2.24) is 10.3 Å². The maximum Gasteiger partial charge on any atom is 0.125 e. The third-order valence-corrected chi connectivity index (χ3v) is 3.90. The Labute approximate surface area is 120 Å². The molecule has 20 heavy (non-hydrogen) atoms. The smallest absolute Gasteiger partial charge is 0.125 e. The van der Waals surface area contributed by atoms with Crippen LogP contribution in [0.15, 0.2) is 48.8 Å². The van der Waals surface area contributed by atoms with Crippen LogP contribution in [-0.2, 0) is 0 Å². The molecule has 3 nitrogen and oxygen atoms in total. The quantitative estimate of drug-likeness (QED) is 0.922. The fourth-order valence-corrected chi connectivity index (χ4v) is 2.80. The molecule has 0 aliphatic carbocycles. The van der Waals surface area contributed by atoms with Crippen LogP contribution in [0.1, 0.15) is 44.0 Å². The summed E-state index contributed by atoms with van der Waals surface area (Å²) in [6.45, 7) is 6.41. The number of fused-ring (bicyclic) bond motifs is 1. The van der Waals surface area contributed by atoms with Crippen molar-refractivity contribution in [2.75, 3.05) is 0 Å². The van der Waals surface area contributed by atoms with E-state index in [1.54, 1.807) is 6.20 Å². The summed E-state index contributed by atoms with van der Waals surface area (Å²) in [6.07, 6.45) is 3.71. The van der Waals surface area contributed by atoms with Crippen LogP contribution in [0, 0.1) is 0 Å². The average molecular weight is 268 g/mol. The maximum atomic E-state index is 6.07. The summed E-state index contributed by atoms with van der Waals surface area (Å²) < 4.78 is 6.07. The molecule has 2 aromatic rings. The first-order chi connectivity index (χ1) is 9.58. The number of rotatable bonds is 3. The lowest BCUT2D eigenvalue weighted by atomic mass is 9.93. The van der Waals surface area contributed by atoms with Crippen molar-refractivity contribution in [3.8, 4) is 5.75 Å². The second-order valence-corrected chi connectivity index (χ2v) is 5.85. The molecule has 1 aromatic heterocycles. The Morgan fingerprint density at radius 1 is 1.20 bits per heavy atom. The lowest BCUT2D eigenvalue weighted by molar-refractivity contribution is 0.0919. The molecule has 0 saturated heterocycles. The van der Waals surface area contributed by atoms with Gasteiger partial charge in [-0.2, -0.15) is 0 Å². The van der Waals surface area contributed by atoms with Crippen molar-refractivity contribution >= 4 is 0 Å². The number of nitrogens with one attached hydrogen (secondary N) is 1. The van der Waals surface area contributed by atoms with Crippen molar-refractivity contribution in [1.29, 1.82) is 0 Å². The van der Waals surface area contributed by atoms with E-state index in [0.29, 0.717) is 0 Å². The second kappa shape index (κ2) is 4.91. The Kier molecular flexibility index (Phi) is 3.22. The fourth-order valence-electron chi connectivity index (χ4n) is 2.80. The first kappa shape index (κ1) is 13.1. The summed E-state index contributed by atoms with van der Waals surface area (Å²) in [5.74, 6) is 0.980. The number of pyridine rings is 1. The minimum atomic E-state index is -0.250. The van der Waals surface area contributed by atoms with Crippen LogP contribution in [0.3, 0.4) is 0 Å². The molecule has 0 saturated carbocycles. The molecule has 1 aromatic carbocycles. The predicted molar refractivity (Wildman–Crippen MR) is 79.7 cm³/mol. The topological polar surface area (TPSA) is 34.1 Å². The largest absolute Gasteiger partial charge is 0.486 e. The summed E-state index contributed by atoms with van der Waals surface area (Å²) in [6, 6.07) is 12.7. The summed E-state index contributed by atoms with van der Waals surface area (Å²) in [4.78, 5) is 4.19. The molecular formula is C17H20N2O. The maximum absolute atomic E-state index is 6.07. The third kappa shape index (κ3) is 2.29. The van der Waals surface area contributed by atoms with E-state index in [-0.39, 0.29) is 17.7 Å². The molecular weight excluding hydrogens is 248 g/mol. The van der Waals surface area contributed by atoms with E-state index in [1.165, 1.54) is 11.1 Å². The summed E-state index contributed by atoms with van der Waals surface area (Å²) in [5, 5.41) is 3.68. The van der Waals surface area contributed by atoms with Gasteiger partial charge in [-0.1, -0.05) is 24.3 Å². The van der Waals surface area contributed by atoms with Gasteiger partial charge in [0.2, 0.25) is 0 Å². The molecule has 0 radical (unpaired) electrons. The van der Waals surface area contributed by atoms with Crippen LogP contribution in [0.5, 0.6) is 5.75 Å². The number of hydrogen-bond acceptors (Lipinski definition) is 3. The van der Waals surface area contributed by atoms with Crippen LogP contribution in [-0.4, -0.2) is 10.6 Å². The van der Waals surface area contributed by atoms with Gasteiger partial charge in [-0.05, 0) is 38.5 Å². The highest BCUT2D eigenvalue weighted by Crippen LogP contribution is 2.43. The molecule has 0 fully saturated rings. The van der Waals surface area contributed by atoms with Gasteiger partial charge in [0.15, 0.2) is 0 Å². The molecule has 0 spiro atoms. The van der Waals surface area contributed by atoms with Crippen LogP contribution >= 0.6 is 0 Å². The van der Waals surface area contributed by atoms with Gasteiger partial charge in [-0.25, -0.2) is 0 Å². The molecule has 0 bridgehead atoms. The fraction of sp³-hybridized carbons (Fsp3) is 0.353. The monoisotopic (exact) mass is 268 g/mol. The van der Waals surface area contributed by atoms with Gasteiger partial charge in [-0.15, -0.1) is 0 Å². The van der Waals surface area contributed by atoms with Gasteiger partial charge in [-0.3, -0.25) is 10.3 Å². The normalized spacial score (nSPS) is 21.1. The summed E-state index contributed by atoms with van der Waals surface area (Å²) in [7, 11) is 0. The zero-order valence-corrected chi connectivity index (χ0v) is 12.1. The van der Waals surface area contributed by atoms with Crippen molar-refractivity contribution in [3.63, 3.8) is 0 Å². The van der Waals surface area contributed by atoms with E-state index < -0.39 is 0 Å². The average Bonchev–Trinajstić information content (AvgIpc) is 2.70. The van der Waals surface area contributed by atoms with Gasteiger partial charge in [0.1, 0.15) is 11.4 Å². The summed E-state index contributed by atoms with van der Waals surface area (Å²) >= 11 is 0. The van der Waals surface area contributed by atoms with Gasteiger partial charge in [0, 0.05) is 24.0 Å². The van der Waals surface area contributed by atoms with E-state index in [0.717, 1.165) is 5.75 Å². The first-order valence-electron chi connectivity index (χ1n) is 7.02. The van der Waals surface area contributed by atoms with E-state index in [4.69, 9.17) is 4.74 Å². The molecule has 1 aliphatic heterocycles. The molecule has 2 unspecified atom stereocenters. The van der Waals surface area contributed by atoms with Gasteiger partial charge >= 0.3 is 0 Å². The highest BCUT2D eigenvalue weighted by molar-refractivity contribution is 5.42. The van der Waals surface area contributed by atoms with E-state index in [2.05, 4.69) is 49.3 Å². The third-order valence-electron chi connectivity index (χ3n) is 3.90. The number of benzene rings is 1. The molecule has 104 valence electrons. The van der Waals surface area contributed by atoms with Crippen LogP contribution < -0.4 is 10.1 Å². The summed E-state index contributed by atoms with van der Waals surface area (Å²) in [5.41, 5.74) is 2.17. The molecule has 3 rings (SSSR count). The Balaban J connectivity index is 1.86. The SMILES string of the molecule is CC(NC1c2ccccc2OC1(C)C)c1cccnc1. The minimum Gasteiger partial charge on any atom is -0.486 e. The minimum absolute atomic E-state index is 0.175. The highest BCUT2D eigenvalue weighted by Gasteiger charge is 2.41. The van der Waals surface area contributed by atoms with E-state index >= 15 is 0 Å². The molecule has 0 amide bonds. The van der Waals surface area contributed by atoms with Crippen molar-refractivity contribution in [2.45, 2.75) is 38.5 Å². The molecule has 3 heteroatoms. The second-order valence-electron chi connectivity index (χ2n) is 5.85. The van der Waals surface area contributed by atoms with E-state index in [1.807, 2.05) is 24.4 Å². The molecule has 1 N–H and O–H groups in total. The number of aromatic nitrogens is 1. The van der Waals surface area contributed by atoms with Crippen LogP contribution in [0.25, 0.3) is 0 Å². The predicted octanol–water partition coefficient (Wildman–Crippen LogP) is 3.64. The van der Waals surface area contributed by atoms with Crippen molar-refractivity contribution in [3.05, 3.63) is 59.9 Å². The Hall–Kier alpha value is -1.87. The number of para-hydroxylation sites is 1. The van der Waals surface area contributed by atoms with Crippen molar-refractivity contribution < 1.29 is 4.74 Å². The molecule has 1 aliphatic rings. The molecule has 2 atom stereocenters. The van der Waals surface area contributed by atoms with Gasteiger partial charge < -0.3 is 4.74 Å². The zero-order chi connectivity index (χ0) is 14.2. The Morgan fingerprint density at radius 3 is 2.75 bits per heavy atom. The van der Waals surface area contributed by atoms with Gasteiger partial charge in [0.25, 0.3) is 0 Å². The van der Waals surface area contributed by atoms with Crippen LogP contribution in [0.4, 0.5) is 0 Å². The lowest BCUT2D eigenvalue weighted by Gasteiger charge is -2.30. The Bertz CT molecular complexity index is 595. The highest BCUT2D eigenvalue weighted by atomic mass is 16.5. The first-order valence-corrected chi connectivity index (χ1v) is 7.02. The standard InChI is InChI=1S/C17H20N2O/c1-12(13-7-6-10-18-11-13)19-16-14-8-4-5-9-15(14)20-17(16,2)3/h4-12,16,19H,1-3H3. The number of ether oxygens (including phenoxy) is 1. The lowest BCUT2D eigenvalue weighted by Crippen LogP contribution is -2.40. The van der Waals surface area contributed by atoms with Crippen molar-refractivity contribution in [2.24, 2.45) is 0 Å².